The van der Waals surface area contributed by atoms with Crippen LogP contribution in [0.15, 0.2) is 36.5 Å². The molecule has 1 unspecified atom stereocenters. The second-order valence-electron chi connectivity index (χ2n) is 9.77. The van der Waals surface area contributed by atoms with Crippen LogP contribution < -0.4 is 16.1 Å². The van der Waals surface area contributed by atoms with E-state index in [1.54, 1.807) is 31.5 Å². The lowest BCUT2D eigenvalue weighted by Gasteiger charge is -2.41. The molecular formula is C25H26F2N7OP. The number of nitrogens with one attached hydrogen (secondary N) is 2. The SMILES string of the molecule is CN1Cc2cc(Nc3ncc(C#N)c(Nc4cccc(P(C)(C)=O)n4)n3)cc3c2C(C1)C(F)(F)CC3. The first-order valence-corrected chi connectivity index (χ1v) is 14.2. The number of rotatable bonds is 5. The highest BCUT2D eigenvalue weighted by molar-refractivity contribution is 7.69. The molecule has 3 aromatic rings. The molecule has 0 fully saturated rings. The molecule has 1 atom stereocenters. The molecule has 2 aliphatic rings. The van der Waals surface area contributed by atoms with Gasteiger partial charge in [0.05, 0.1) is 12.1 Å². The Kier molecular flexibility index (Phi) is 6.01. The molecule has 0 amide bonds. The molecule has 0 radical (unpaired) electrons. The molecule has 0 saturated carbocycles. The molecule has 0 spiro atoms. The first-order valence-electron chi connectivity index (χ1n) is 11.6. The Hall–Kier alpha value is -3.41. The topological polar surface area (TPSA) is 107 Å². The molecule has 3 heterocycles. The number of anilines is 4. The van der Waals surface area contributed by atoms with Crippen LogP contribution in [0.1, 0.15) is 34.6 Å². The zero-order valence-corrected chi connectivity index (χ0v) is 21.1. The van der Waals surface area contributed by atoms with Crippen LogP contribution in [0, 0.1) is 11.3 Å². The smallest absolute Gasteiger partial charge is 0.256 e. The molecule has 1 aromatic carbocycles. The number of pyridine rings is 1. The van der Waals surface area contributed by atoms with Crippen LogP contribution in [0.4, 0.5) is 32.1 Å². The minimum absolute atomic E-state index is 0.169. The second-order valence-corrected chi connectivity index (χ2v) is 12.9. The Morgan fingerprint density at radius 1 is 1.19 bits per heavy atom. The first kappa shape index (κ1) is 24.3. The van der Waals surface area contributed by atoms with Gasteiger partial charge in [0.2, 0.25) is 5.95 Å². The molecule has 0 bridgehead atoms. The lowest BCUT2D eigenvalue weighted by atomic mass is 9.75. The predicted molar refractivity (Wildman–Crippen MR) is 135 cm³/mol. The van der Waals surface area contributed by atoms with Gasteiger partial charge in [-0.1, -0.05) is 6.07 Å². The highest BCUT2D eigenvalue weighted by atomic mass is 31.2. The lowest BCUT2D eigenvalue weighted by molar-refractivity contribution is -0.0534. The van der Waals surface area contributed by atoms with Gasteiger partial charge in [0.15, 0.2) is 5.82 Å². The van der Waals surface area contributed by atoms with Crippen molar-refractivity contribution in [1.29, 1.82) is 5.26 Å². The number of aryl methyl sites for hydroxylation is 1. The highest BCUT2D eigenvalue weighted by Gasteiger charge is 2.47. The molecule has 36 heavy (non-hydrogen) atoms. The van der Waals surface area contributed by atoms with Crippen LogP contribution in [0.2, 0.25) is 0 Å². The third-order valence-electron chi connectivity index (χ3n) is 6.57. The summed E-state index contributed by atoms with van der Waals surface area (Å²) in [7, 11) is -0.710. The van der Waals surface area contributed by atoms with E-state index in [-0.39, 0.29) is 23.8 Å². The Morgan fingerprint density at radius 3 is 2.72 bits per heavy atom. The fourth-order valence-corrected chi connectivity index (χ4v) is 5.67. The lowest BCUT2D eigenvalue weighted by Crippen LogP contribution is -2.43. The van der Waals surface area contributed by atoms with Crippen molar-refractivity contribution < 1.29 is 13.3 Å². The third kappa shape index (κ3) is 4.69. The summed E-state index contributed by atoms with van der Waals surface area (Å²) in [5.41, 5.74) is 3.97. The number of alkyl halides is 2. The van der Waals surface area contributed by atoms with Crippen molar-refractivity contribution in [3.8, 4) is 6.07 Å². The molecule has 1 aliphatic carbocycles. The number of likely N-dealkylation sites (N-methyl/N-ethyl adjacent to an activating group) is 1. The van der Waals surface area contributed by atoms with Gasteiger partial charge in [-0.15, -0.1) is 0 Å². The van der Waals surface area contributed by atoms with E-state index in [0.717, 1.165) is 16.7 Å². The van der Waals surface area contributed by atoms with E-state index in [2.05, 4.69) is 31.7 Å². The summed E-state index contributed by atoms with van der Waals surface area (Å²) in [4.78, 5) is 15.0. The molecule has 8 nitrogen and oxygen atoms in total. The van der Waals surface area contributed by atoms with E-state index in [0.29, 0.717) is 36.5 Å². The quantitative estimate of drug-likeness (QED) is 0.481. The normalized spacial score (nSPS) is 18.7. The van der Waals surface area contributed by atoms with Crippen LogP contribution in [0.25, 0.3) is 0 Å². The van der Waals surface area contributed by atoms with Crippen LogP contribution in [0.3, 0.4) is 0 Å². The van der Waals surface area contributed by atoms with E-state index in [1.807, 2.05) is 24.1 Å². The summed E-state index contributed by atoms with van der Waals surface area (Å²) in [6, 6.07) is 11.0. The van der Waals surface area contributed by atoms with Crippen molar-refractivity contribution in [2.24, 2.45) is 0 Å². The van der Waals surface area contributed by atoms with Gasteiger partial charge in [0, 0.05) is 25.2 Å². The Morgan fingerprint density at radius 2 is 1.97 bits per heavy atom. The number of hydrogen-bond donors (Lipinski definition) is 2. The molecular weight excluding hydrogens is 483 g/mol. The average Bonchev–Trinajstić information content (AvgIpc) is 2.81. The second kappa shape index (κ2) is 8.91. The number of aromatic nitrogens is 3. The van der Waals surface area contributed by atoms with Gasteiger partial charge in [0.1, 0.15) is 30.0 Å². The van der Waals surface area contributed by atoms with E-state index in [4.69, 9.17) is 0 Å². The fraction of sp³-hybridized carbons (Fsp3) is 0.360. The number of halogens is 2. The van der Waals surface area contributed by atoms with Crippen molar-refractivity contribution in [3.63, 3.8) is 0 Å². The fourth-order valence-electron chi connectivity index (χ4n) is 4.88. The van der Waals surface area contributed by atoms with Crippen molar-refractivity contribution >= 4 is 35.8 Å². The van der Waals surface area contributed by atoms with Crippen LogP contribution in [-0.4, -0.2) is 52.7 Å². The Bertz CT molecular complexity index is 1430. The summed E-state index contributed by atoms with van der Waals surface area (Å²) in [6.07, 6.45) is 1.54. The van der Waals surface area contributed by atoms with Crippen molar-refractivity contribution in [1.82, 2.24) is 19.9 Å². The van der Waals surface area contributed by atoms with Gasteiger partial charge in [-0.2, -0.15) is 10.2 Å². The van der Waals surface area contributed by atoms with E-state index in [1.165, 1.54) is 6.20 Å². The minimum atomic E-state index is -2.71. The maximum absolute atomic E-state index is 14.7. The summed E-state index contributed by atoms with van der Waals surface area (Å²) in [6.45, 7) is 4.21. The number of benzene rings is 1. The van der Waals surface area contributed by atoms with E-state index >= 15 is 0 Å². The van der Waals surface area contributed by atoms with Gasteiger partial charge in [-0.05, 0) is 67.8 Å². The van der Waals surface area contributed by atoms with Gasteiger partial charge in [0.25, 0.3) is 5.92 Å². The summed E-state index contributed by atoms with van der Waals surface area (Å²) < 4.78 is 41.7. The summed E-state index contributed by atoms with van der Waals surface area (Å²) in [5, 5.41) is 15.7. The van der Waals surface area contributed by atoms with Crippen LogP contribution in [0.5, 0.6) is 0 Å². The zero-order valence-electron chi connectivity index (χ0n) is 20.2. The Labute approximate surface area is 208 Å². The monoisotopic (exact) mass is 509 g/mol. The van der Waals surface area contributed by atoms with E-state index < -0.39 is 19.0 Å². The van der Waals surface area contributed by atoms with Crippen molar-refractivity contribution in [2.45, 2.75) is 31.2 Å². The molecule has 0 saturated heterocycles. The molecule has 2 aromatic heterocycles. The molecule has 11 heteroatoms. The zero-order chi connectivity index (χ0) is 25.7. The number of nitriles is 1. The number of nitrogens with zero attached hydrogens (tertiary/aromatic N) is 5. The van der Waals surface area contributed by atoms with Gasteiger partial charge in [-0.25, -0.2) is 18.7 Å². The minimum Gasteiger partial charge on any atom is -0.324 e. The highest BCUT2D eigenvalue weighted by Crippen LogP contribution is 2.48. The van der Waals surface area contributed by atoms with Crippen LogP contribution >= 0.6 is 7.14 Å². The van der Waals surface area contributed by atoms with Gasteiger partial charge < -0.3 is 20.1 Å². The standard InChI is InChI=1S/C25H26F2N7OP/c1-34-13-16-10-18(9-15-7-8-25(26,27)19(14-34)22(15)16)30-24-29-12-17(11-28)23(33-24)32-20-5-4-6-21(31-20)36(2,3)35/h4-6,9-10,12,19H,7-8,13-14H2,1-3H3,(H2,29,30,31,32,33). The van der Waals surface area contributed by atoms with Crippen molar-refractivity contribution in [2.75, 3.05) is 37.6 Å². The van der Waals surface area contributed by atoms with Gasteiger partial charge in [-0.3, -0.25) is 0 Å². The molecule has 186 valence electrons. The largest absolute Gasteiger partial charge is 0.324 e. The molecule has 1 aliphatic heterocycles. The maximum atomic E-state index is 14.7. The average molecular weight is 510 g/mol. The maximum Gasteiger partial charge on any atom is 0.256 e. The van der Waals surface area contributed by atoms with Gasteiger partial charge >= 0.3 is 0 Å². The third-order valence-corrected chi connectivity index (χ3v) is 7.92. The number of hydrogen-bond acceptors (Lipinski definition) is 8. The molecule has 5 rings (SSSR count). The predicted octanol–water partition coefficient (Wildman–Crippen LogP) is 4.59. The van der Waals surface area contributed by atoms with Crippen molar-refractivity contribution in [3.05, 3.63) is 58.8 Å². The van der Waals surface area contributed by atoms with E-state index in [9.17, 15) is 18.6 Å². The summed E-state index contributed by atoms with van der Waals surface area (Å²) in [5.74, 6) is -2.60. The molecule has 2 N–H and O–H groups in total. The van der Waals surface area contributed by atoms with Crippen LogP contribution in [-0.2, 0) is 17.5 Å². The Balaban J connectivity index is 1.46. The first-order chi connectivity index (χ1) is 17.0. The summed E-state index contributed by atoms with van der Waals surface area (Å²) >= 11 is 0.